The van der Waals surface area contributed by atoms with Crippen molar-refractivity contribution in [3.63, 3.8) is 0 Å². The van der Waals surface area contributed by atoms with Gasteiger partial charge in [0.05, 0.1) is 7.11 Å². The van der Waals surface area contributed by atoms with E-state index in [4.69, 9.17) is 0 Å². The largest absolute Gasteiger partial charge is 0.453 e. The zero-order chi connectivity index (χ0) is 14.4. The Morgan fingerprint density at radius 3 is 2.50 bits per heavy atom. The highest BCUT2D eigenvalue weighted by molar-refractivity contribution is 5.67. The van der Waals surface area contributed by atoms with Crippen molar-refractivity contribution < 1.29 is 9.53 Å². The van der Waals surface area contributed by atoms with Gasteiger partial charge in [0.1, 0.15) is 0 Å². The molecule has 1 aromatic carbocycles. The van der Waals surface area contributed by atoms with Crippen molar-refractivity contribution in [1.82, 2.24) is 10.3 Å². The van der Waals surface area contributed by atoms with Gasteiger partial charge in [0.2, 0.25) is 0 Å². The maximum atomic E-state index is 11.4. The molecule has 0 fully saturated rings. The molecular formula is C16H18N2O2. The lowest BCUT2D eigenvalue weighted by molar-refractivity contribution is 0.169. The van der Waals surface area contributed by atoms with Gasteiger partial charge in [-0.05, 0) is 24.1 Å². The summed E-state index contributed by atoms with van der Waals surface area (Å²) in [6.07, 6.45) is 3.13. The number of carbonyl (C=O) groups excluding carboxylic acids is 1. The average Bonchev–Trinajstić information content (AvgIpc) is 2.54. The fourth-order valence-corrected chi connectivity index (χ4v) is 2.19. The van der Waals surface area contributed by atoms with Crippen LogP contribution in [0.1, 0.15) is 18.1 Å². The highest BCUT2D eigenvalue weighted by atomic mass is 16.5. The average molecular weight is 270 g/mol. The van der Waals surface area contributed by atoms with E-state index in [1.54, 1.807) is 6.20 Å². The van der Waals surface area contributed by atoms with Gasteiger partial charge >= 0.3 is 6.09 Å². The van der Waals surface area contributed by atoms with Crippen molar-refractivity contribution in [2.75, 3.05) is 13.7 Å². The predicted molar refractivity (Wildman–Crippen MR) is 77.5 cm³/mol. The van der Waals surface area contributed by atoms with Crippen molar-refractivity contribution in [3.8, 4) is 0 Å². The van der Waals surface area contributed by atoms with Crippen LogP contribution in [-0.4, -0.2) is 24.7 Å². The normalized spacial score (nSPS) is 13.3. The number of nitrogens with zero attached hydrogens (tertiary/aromatic N) is 1. The topological polar surface area (TPSA) is 51.2 Å². The smallest absolute Gasteiger partial charge is 0.406 e. The first-order valence-corrected chi connectivity index (χ1v) is 6.44. The Morgan fingerprint density at radius 2 is 1.90 bits per heavy atom. The molecule has 2 aromatic rings. The molecule has 1 heterocycles. The monoisotopic (exact) mass is 270 g/mol. The van der Waals surface area contributed by atoms with Crippen molar-refractivity contribution >= 4 is 6.09 Å². The van der Waals surface area contributed by atoms with Crippen LogP contribution in [0.25, 0.3) is 0 Å². The van der Waals surface area contributed by atoms with E-state index in [2.05, 4.69) is 22.0 Å². The van der Waals surface area contributed by atoms with Gasteiger partial charge in [-0.2, -0.15) is 0 Å². The first-order chi connectivity index (χ1) is 9.66. The molecule has 0 bridgehead atoms. The van der Waals surface area contributed by atoms with Crippen molar-refractivity contribution in [2.24, 2.45) is 0 Å². The van der Waals surface area contributed by atoms with Crippen LogP contribution in [0, 0.1) is 0 Å². The quantitative estimate of drug-likeness (QED) is 0.929. The van der Waals surface area contributed by atoms with Gasteiger partial charge in [-0.1, -0.05) is 36.4 Å². The zero-order valence-corrected chi connectivity index (χ0v) is 11.7. The van der Waals surface area contributed by atoms with Crippen LogP contribution in [0.5, 0.6) is 0 Å². The first-order valence-electron chi connectivity index (χ1n) is 6.44. The summed E-state index contributed by atoms with van der Waals surface area (Å²) in [5.41, 5.74) is 1.80. The molecule has 20 heavy (non-hydrogen) atoms. The van der Waals surface area contributed by atoms with Crippen molar-refractivity contribution in [1.29, 1.82) is 0 Å². The van der Waals surface area contributed by atoms with Crippen LogP contribution >= 0.6 is 0 Å². The van der Waals surface area contributed by atoms with Crippen LogP contribution in [-0.2, 0) is 10.2 Å². The third-order valence-corrected chi connectivity index (χ3v) is 3.48. The molecular weight excluding hydrogens is 252 g/mol. The Morgan fingerprint density at radius 1 is 1.20 bits per heavy atom. The number of nitrogens with one attached hydrogen (secondary N) is 1. The minimum Gasteiger partial charge on any atom is -0.453 e. The molecule has 1 amide bonds. The van der Waals surface area contributed by atoms with Gasteiger partial charge in [-0.3, -0.25) is 4.98 Å². The fraction of sp³-hybridized carbons (Fsp3) is 0.250. The predicted octanol–water partition coefficient (Wildman–Crippen LogP) is 2.74. The maximum Gasteiger partial charge on any atom is 0.406 e. The summed E-state index contributed by atoms with van der Waals surface area (Å²) in [5, 5.41) is 2.78. The van der Waals surface area contributed by atoms with E-state index in [1.165, 1.54) is 7.11 Å². The lowest BCUT2D eigenvalue weighted by Gasteiger charge is -2.30. The number of alkyl carbamates (subject to hydrolysis) is 1. The molecule has 4 nitrogen and oxygen atoms in total. The minimum atomic E-state index is -0.434. The Balaban J connectivity index is 2.36. The second-order valence-electron chi connectivity index (χ2n) is 4.78. The van der Waals surface area contributed by atoms with Crippen molar-refractivity contribution in [3.05, 3.63) is 66.0 Å². The summed E-state index contributed by atoms with van der Waals surface area (Å²) >= 11 is 0. The van der Waals surface area contributed by atoms with Crippen LogP contribution in [0.3, 0.4) is 0 Å². The second kappa shape index (κ2) is 6.19. The SMILES string of the molecule is COC(=O)NCC(C)(c1ccccc1)c1cccnc1. The van der Waals surface area contributed by atoms with Gasteiger partial charge < -0.3 is 10.1 Å². The summed E-state index contributed by atoms with van der Waals surface area (Å²) in [4.78, 5) is 15.6. The maximum absolute atomic E-state index is 11.4. The van der Waals surface area contributed by atoms with Gasteiger partial charge in [-0.15, -0.1) is 0 Å². The number of pyridine rings is 1. The molecule has 4 heteroatoms. The number of hydrogen-bond acceptors (Lipinski definition) is 3. The number of aromatic nitrogens is 1. The van der Waals surface area contributed by atoms with Crippen LogP contribution in [0.2, 0.25) is 0 Å². The lowest BCUT2D eigenvalue weighted by atomic mass is 9.77. The Kier molecular flexibility index (Phi) is 4.35. The number of methoxy groups -OCH3 is 1. The molecule has 1 atom stereocenters. The minimum absolute atomic E-state index is 0.357. The van der Waals surface area contributed by atoms with E-state index in [9.17, 15) is 4.79 Å². The molecule has 0 radical (unpaired) electrons. The molecule has 0 saturated heterocycles. The van der Waals surface area contributed by atoms with Crippen LogP contribution < -0.4 is 5.32 Å². The number of rotatable bonds is 4. The first kappa shape index (κ1) is 14.1. The number of ether oxygens (including phenoxy) is 1. The summed E-state index contributed by atoms with van der Waals surface area (Å²) in [6, 6.07) is 14.0. The van der Waals surface area contributed by atoms with Crippen LogP contribution in [0.4, 0.5) is 4.79 Å². The van der Waals surface area contributed by atoms with Gasteiger partial charge in [0.15, 0.2) is 0 Å². The van der Waals surface area contributed by atoms with Gasteiger partial charge in [-0.25, -0.2) is 4.79 Å². The number of hydrogen-bond donors (Lipinski definition) is 1. The zero-order valence-electron chi connectivity index (χ0n) is 11.7. The number of benzene rings is 1. The third kappa shape index (κ3) is 2.96. The van der Waals surface area contributed by atoms with Gasteiger partial charge in [0, 0.05) is 24.4 Å². The van der Waals surface area contributed by atoms with E-state index in [0.717, 1.165) is 11.1 Å². The summed E-state index contributed by atoms with van der Waals surface area (Å²) in [5.74, 6) is 0. The Bertz CT molecular complexity index is 516. The molecule has 0 aliphatic heterocycles. The highest BCUT2D eigenvalue weighted by Gasteiger charge is 2.29. The lowest BCUT2D eigenvalue weighted by Crippen LogP contribution is -2.39. The Labute approximate surface area is 118 Å². The number of carbonyl (C=O) groups is 1. The summed E-state index contributed by atoms with van der Waals surface area (Å²) in [7, 11) is 1.36. The molecule has 2 rings (SSSR count). The van der Waals surface area contributed by atoms with E-state index in [-0.39, 0.29) is 5.41 Å². The standard InChI is InChI=1S/C16H18N2O2/c1-16(12-18-15(19)20-2,13-7-4-3-5-8-13)14-9-6-10-17-11-14/h3-11H,12H2,1-2H3,(H,18,19). The molecule has 1 N–H and O–H groups in total. The van der Waals surface area contributed by atoms with Crippen LogP contribution in [0.15, 0.2) is 54.9 Å². The summed E-state index contributed by atoms with van der Waals surface area (Å²) < 4.78 is 4.65. The Hall–Kier alpha value is -2.36. The van der Waals surface area contributed by atoms with E-state index >= 15 is 0 Å². The van der Waals surface area contributed by atoms with E-state index in [0.29, 0.717) is 6.54 Å². The van der Waals surface area contributed by atoms with Crippen molar-refractivity contribution in [2.45, 2.75) is 12.3 Å². The molecule has 1 aromatic heterocycles. The molecule has 0 spiro atoms. The number of amides is 1. The molecule has 104 valence electrons. The fourth-order valence-electron chi connectivity index (χ4n) is 2.19. The molecule has 0 aliphatic carbocycles. The van der Waals surface area contributed by atoms with Gasteiger partial charge in [0.25, 0.3) is 0 Å². The van der Waals surface area contributed by atoms with E-state index in [1.807, 2.05) is 48.7 Å². The molecule has 1 unspecified atom stereocenters. The summed E-state index contributed by atoms with van der Waals surface area (Å²) in [6.45, 7) is 2.52. The molecule has 0 aliphatic rings. The van der Waals surface area contributed by atoms with E-state index < -0.39 is 6.09 Å². The molecule has 0 saturated carbocycles. The second-order valence-corrected chi connectivity index (χ2v) is 4.78. The third-order valence-electron chi connectivity index (χ3n) is 3.48. The highest BCUT2D eigenvalue weighted by Crippen LogP contribution is 2.30.